The molecular weight excluding hydrogens is 150 g/mol. The predicted octanol–water partition coefficient (Wildman–Crippen LogP) is 1.84. The quantitative estimate of drug-likeness (QED) is 0.452. The normalized spacial score (nSPS) is 9.58. The van der Waals surface area contributed by atoms with Crippen LogP contribution in [0.5, 0.6) is 0 Å². The maximum absolute atomic E-state index is 11.2. The number of amides is 1. The molecule has 0 aliphatic carbocycles. The number of carbonyl (C=O) groups is 1. The summed E-state index contributed by atoms with van der Waals surface area (Å²) in [4.78, 5) is 12.9. The Bertz CT molecular complexity index is 173. The minimum absolute atomic E-state index is 0.0244. The van der Waals surface area contributed by atoms with E-state index in [1.807, 2.05) is 0 Å². The maximum Gasteiger partial charge on any atom is 0.246 e. The van der Waals surface area contributed by atoms with Crippen LogP contribution in [0.1, 0.15) is 13.8 Å². The monoisotopic (exact) mass is 167 g/mol. The van der Waals surface area contributed by atoms with Crippen LogP contribution in [0.2, 0.25) is 0 Å². The van der Waals surface area contributed by atoms with Gasteiger partial charge in [0.15, 0.2) is 0 Å². The molecular formula is C10H17NO. The minimum Gasteiger partial charge on any atom is -0.335 e. The van der Waals surface area contributed by atoms with Gasteiger partial charge in [0, 0.05) is 13.1 Å². The third-order valence-corrected chi connectivity index (χ3v) is 1.42. The first kappa shape index (κ1) is 11.0. The molecule has 0 saturated carbocycles. The lowest BCUT2D eigenvalue weighted by Gasteiger charge is -2.21. The summed E-state index contributed by atoms with van der Waals surface area (Å²) in [5.41, 5.74) is 0. The molecule has 0 aliphatic heterocycles. The highest BCUT2D eigenvalue weighted by Gasteiger charge is 2.08. The van der Waals surface area contributed by atoms with Gasteiger partial charge in [-0.05, 0) is 12.0 Å². The topological polar surface area (TPSA) is 20.3 Å². The molecule has 0 radical (unpaired) electrons. The molecule has 0 rings (SSSR count). The molecule has 0 heterocycles. The number of hydrogen-bond acceptors (Lipinski definition) is 1. The summed E-state index contributed by atoms with van der Waals surface area (Å²) in [6, 6.07) is 0. The highest BCUT2D eigenvalue weighted by Crippen LogP contribution is 1.99. The molecule has 2 nitrogen and oxygen atoms in total. The Hall–Kier alpha value is -1.05. The second-order valence-corrected chi connectivity index (χ2v) is 3.13. The van der Waals surface area contributed by atoms with Crippen molar-refractivity contribution in [3.05, 3.63) is 25.3 Å². The Balaban J connectivity index is 4.11. The summed E-state index contributed by atoms with van der Waals surface area (Å²) in [7, 11) is 0. The summed E-state index contributed by atoms with van der Waals surface area (Å²) >= 11 is 0. The van der Waals surface area contributed by atoms with E-state index in [-0.39, 0.29) is 5.91 Å². The van der Waals surface area contributed by atoms with E-state index in [4.69, 9.17) is 0 Å². The summed E-state index contributed by atoms with van der Waals surface area (Å²) in [5, 5.41) is 0. The third-order valence-electron chi connectivity index (χ3n) is 1.42. The highest BCUT2D eigenvalue weighted by atomic mass is 16.2. The number of nitrogens with zero attached hydrogens (tertiary/aromatic N) is 1. The van der Waals surface area contributed by atoms with E-state index in [9.17, 15) is 4.79 Å². The van der Waals surface area contributed by atoms with E-state index in [1.165, 1.54) is 6.08 Å². The average Bonchev–Trinajstić information content (AvgIpc) is 2.01. The average molecular weight is 167 g/mol. The maximum atomic E-state index is 11.2. The molecule has 0 aliphatic rings. The molecule has 0 aromatic carbocycles. The molecule has 0 spiro atoms. The lowest BCUT2D eigenvalue weighted by molar-refractivity contribution is -0.126. The fourth-order valence-corrected chi connectivity index (χ4v) is 0.980. The Morgan fingerprint density at radius 1 is 1.50 bits per heavy atom. The van der Waals surface area contributed by atoms with Crippen molar-refractivity contribution in [2.45, 2.75) is 13.8 Å². The van der Waals surface area contributed by atoms with Crippen LogP contribution in [-0.2, 0) is 4.79 Å². The first-order valence-electron chi connectivity index (χ1n) is 4.14. The van der Waals surface area contributed by atoms with Gasteiger partial charge < -0.3 is 4.90 Å². The van der Waals surface area contributed by atoms with E-state index in [0.29, 0.717) is 12.5 Å². The van der Waals surface area contributed by atoms with Gasteiger partial charge in [-0.1, -0.05) is 26.5 Å². The van der Waals surface area contributed by atoms with Crippen molar-refractivity contribution in [2.75, 3.05) is 13.1 Å². The van der Waals surface area contributed by atoms with E-state index in [1.54, 1.807) is 11.0 Å². The van der Waals surface area contributed by atoms with Gasteiger partial charge in [0.05, 0.1) is 0 Å². The Morgan fingerprint density at radius 2 is 2.08 bits per heavy atom. The van der Waals surface area contributed by atoms with Crippen molar-refractivity contribution >= 4 is 5.91 Å². The van der Waals surface area contributed by atoms with Gasteiger partial charge in [0.2, 0.25) is 5.91 Å². The summed E-state index contributed by atoms with van der Waals surface area (Å²) in [5.74, 6) is 0.456. The highest BCUT2D eigenvalue weighted by molar-refractivity contribution is 5.87. The van der Waals surface area contributed by atoms with Gasteiger partial charge in [-0.2, -0.15) is 0 Å². The van der Waals surface area contributed by atoms with Crippen molar-refractivity contribution in [1.29, 1.82) is 0 Å². The molecule has 68 valence electrons. The smallest absolute Gasteiger partial charge is 0.246 e. The van der Waals surface area contributed by atoms with Crippen LogP contribution >= 0.6 is 0 Å². The van der Waals surface area contributed by atoms with Crippen LogP contribution in [0.15, 0.2) is 25.3 Å². The molecule has 0 unspecified atom stereocenters. The van der Waals surface area contributed by atoms with Gasteiger partial charge in [0.1, 0.15) is 0 Å². The third kappa shape index (κ3) is 3.96. The van der Waals surface area contributed by atoms with Gasteiger partial charge in [-0.15, -0.1) is 6.58 Å². The standard InChI is InChI=1S/C10H17NO/c1-5-7-11(8-9(3)4)10(12)6-2/h5-6,9H,1-2,7-8H2,3-4H3. The van der Waals surface area contributed by atoms with E-state index < -0.39 is 0 Å². The summed E-state index contributed by atoms with van der Waals surface area (Å²) in [6.45, 7) is 12.6. The Kier molecular flexibility index (Phi) is 5.09. The zero-order valence-corrected chi connectivity index (χ0v) is 7.92. The fraction of sp³-hybridized carbons (Fsp3) is 0.500. The van der Waals surface area contributed by atoms with Crippen molar-refractivity contribution in [3.63, 3.8) is 0 Å². The predicted molar refractivity (Wildman–Crippen MR) is 51.8 cm³/mol. The summed E-state index contributed by atoms with van der Waals surface area (Å²) < 4.78 is 0. The van der Waals surface area contributed by atoms with Gasteiger partial charge in [0.25, 0.3) is 0 Å². The van der Waals surface area contributed by atoms with Crippen LogP contribution in [0.25, 0.3) is 0 Å². The lowest BCUT2D eigenvalue weighted by atomic mass is 10.2. The largest absolute Gasteiger partial charge is 0.335 e. The van der Waals surface area contributed by atoms with Crippen molar-refractivity contribution in [1.82, 2.24) is 4.90 Å². The molecule has 0 atom stereocenters. The SMILES string of the molecule is C=CCN(CC(C)C)C(=O)C=C. The minimum atomic E-state index is -0.0244. The van der Waals surface area contributed by atoms with E-state index in [2.05, 4.69) is 27.0 Å². The lowest BCUT2D eigenvalue weighted by Crippen LogP contribution is -2.32. The first-order valence-corrected chi connectivity index (χ1v) is 4.14. The zero-order valence-electron chi connectivity index (χ0n) is 7.92. The first-order chi connectivity index (χ1) is 5.61. The van der Waals surface area contributed by atoms with Crippen LogP contribution < -0.4 is 0 Å². The number of carbonyl (C=O) groups excluding carboxylic acids is 1. The summed E-state index contributed by atoms with van der Waals surface area (Å²) in [6.07, 6.45) is 3.07. The molecule has 1 amide bonds. The van der Waals surface area contributed by atoms with Crippen LogP contribution in [-0.4, -0.2) is 23.9 Å². The molecule has 12 heavy (non-hydrogen) atoms. The fourth-order valence-electron chi connectivity index (χ4n) is 0.980. The second kappa shape index (κ2) is 5.58. The zero-order chi connectivity index (χ0) is 9.56. The number of rotatable bonds is 5. The van der Waals surface area contributed by atoms with E-state index in [0.717, 1.165) is 6.54 Å². The van der Waals surface area contributed by atoms with Crippen molar-refractivity contribution in [2.24, 2.45) is 5.92 Å². The number of hydrogen-bond donors (Lipinski definition) is 0. The Morgan fingerprint density at radius 3 is 2.42 bits per heavy atom. The van der Waals surface area contributed by atoms with Crippen LogP contribution in [0, 0.1) is 5.92 Å². The molecule has 0 saturated heterocycles. The van der Waals surface area contributed by atoms with Crippen LogP contribution in [0.4, 0.5) is 0 Å². The second-order valence-electron chi connectivity index (χ2n) is 3.13. The van der Waals surface area contributed by atoms with E-state index >= 15 is 0 Å². The van der Waals surface area contributed by atoms with Crippen molar-refractivity contribution < 1.29 is 4.79 Å². The molecule has 2 heteroatoms. The van der Waals surface area contributed by atoms with Gasteiger partial charge in [-0.3, -0.25) is 4.79 Å². The molecule has 0 aromatic rings. The molecule has 0 aromatic heterocycles. The molecule has 0 bridgehead atoms. The molecule has 0 fully saturated rings. The molecule has 0 N–H and O–H groups in total. The van der Waals surface area contributed by atoms with Gasteiger partial charge >= 0.3 is 0 Å². The van der Waals surface area contributed by atoms with Crippen molar-refractivity contribution in [3.8, 4) is 0 Å². The Labute approximate surface area is 74.6 Å². The van der Waals surface area contributed by atoms with Gasteiger partial charge in [-0.25, -0.2) is 0 Å². The van der Waals surface area contributed by atoms with Crippen LogP contribution in [0.3, 0.4) is 0 Å².